The van der Waals surface area contributed by atoms with Crippen LogP contribution in [0.2, 0.25) is 0 Å². The van der Waals surface area contributed by atoms with Crippen molar-refractivity contribution in [1.29, 1.82) is 0 Å². The number of H-pyrrole nitrogens is 1. The Morgan fingerprint density at radius 1 is 1.65 bits per heavy atom. The molecule has 8 nitrogen and oxygen atoms in total. The van der Waals surface area contributed by atoms with Gasteiger partial charge in [-0.25, -0.2) is 9.78 Å². The highest BCUT2D eigenvalue weighted by molar-refractivity contribution is 5.90. The van der Waals surface area contributed by atoms with Gasteiger partial charge in [-0.05, 0) is 0 Å². The van der Waals surface area contributed by atoms with Crippen LogP contribution in [0.5, 0.6) is 5.75 Å². The normalized spacial score (nSPS) is 11.1. The summed E-state index contributed by atoms with van der Waals surface area (Å²) in [5.41, 5.74) is 4.51. The van der Waals surface area contributed by atoms with Gasteiger partial charge >= 0.3 is 5.97 Å². The lowest BCUT2D eigenvalue weighted by Gasteiger charge is -2.03. The Bertz CT molecular complexity index is 494. The van der Waals surface area contributed by atoms with E-state index in [1.165, 1.54) is 7.11 Å². The standard InChI is InChI=1S/C9H12N4O4/c1-3-5(10)13-17-9(15)6-7(16-2)8(14)12-4-11-6/h4H,3H2,1-2H3,(H2,10,13)(H,11,12,14). The van der Waals surface area contributed by atoms with Crippen molar-refractivity contribution in [1.82, 2.24) is 9.97 Å². The molecule has 3 N–H and O–H groups in total. The van der Waals surface area contributed by atoms with Crippen LogP contribution in [-0.2, 0) is 4.84 Å². The first-order valence-corrected chi connectivity index (χ1v) is 4.75. The molecule has 0 amide bonds. The van der Waals surface area contributed by atoms with E-state index in [2.05, 4.69) is 20.0 Å². The van der Waals surface area contributed by atoms with Crippen LogP contribution in [0.3, 0.4) is 0 Å². The topological polar surface area (TPSA) is 120 Å². The van der Waals surface area contributed by atoms with E-state index in [0.717, 1.165) is 6.33 Å². The van der Waals surface area contributed by atoms with Gasteiger partial charge in [-0.1, -0.05) is 12.1 Å². The van der Waals surface area contributed by atoms with E-state index in [1.807, 2.05) is 0 Å². The van der Waals surface area contributed by atoms with Crippen molar-refractivity contribution in [3.63, 3.8) is 0 Å². The maximum absolute atomic E-state index is 11.5. The van der Waals surface area contributed by atoms with Crippen LogP contribution in [0.15, 0.2) is 16.3 Å². The molecule has 0 aliphatic rings. The predicted octanol–water partition coefficient (Wildman–Crippen LogP) is -0.383. The fraction of sp³-hybridized carbons (Fsp3) is 0.333. The van der Waals surface area contributed by atoms with E-state index in [-0.39, 0.29) is 17.3 Å². The van der Waals surface area contributed by atoms with Gasteiger partial charge in [0.15, 0.2) is 5.69 Å². The summed E-state index contributed by atoms with van der Waals surface area (Å²) >= 11 is 0. The van der Waals surface area contributed by atoms with Crippen LogP contribution in [0.25, 0.3) is 0 Å². The lowest BCUT2D eigenvalue weighted by molar-refractivity contribution is 0.0503. The van der Waals surface area contributed by atoms with E-state index < -0.39 is 11.5 Å². The summed E-state index contributed by atoms with van der Waals surface area (Å²) in [4.78, 5) is 33.2. The van der Waals surface area contributed by atoms with Crippen molar-refractivity contribution in [2.75, 3.05) is 7.11 Å². The third kappa shape index (κ3) is 3.03. The van der Waals surface area contributed by atoms with Gasteiger partial charge in [0.2, 0.25) is 5.75 Å². The molecule has 0 aromatic carbocycles. The number of carbonyl (C=O) groups excluding carboxylic acids is 1. The fourth-order valence-electron chi connectivity index (χ4n) is 0.930. The number of oxime groups is 1. The minimum absolute atomic E-state index is 0.155. The molecular formula is C9H12N4O4. The zero-order chi connectivity index (χ0) is 12.8. The number of rotatable bonds is 4. The number of hydrogen-bond acceptors (Lipinski definition) is 6. The van der Waals surface area contributed by atoms with Crippen molar-refractivity contribution < 1.29 is 14.4 Å². The minimum Gasteiger partial charge on any atom is -0.489 e. The number of carbonyl (C=O) groups is 1. The van der Waals surface area contributed by atoms with Crippen molar-refractivity contribution in [3.05, 3.63) is 22.4 Å². The van der Waals surface area contributed by atoms with Gasteiger partial charge in [-0.15, -0.1) is 0 Å². The number of hydrogen-bond donors (Lipinski definition) is 2. The molecule has 0 spiro atoms. The molecule has 1 rings (SSSR count). The Balaban J connectivity index is 2.97. The Hall–Kier alpha value is -2.38. The van der Waals surface area contributed by atoms with Gasteiger partial charge in [0.05, 0.1) is 13.4 Å². The molecule has 0 saturated heterocycles. The number of nitrogens with zero attached hydrogens (tertiary/aromatic N) is 2. The SMILES string of the molecule is CC/C(N)=N\OC(=O)c1nc[nH]c(=O)c1OC. The Morgan fingerprint density at radius 3 is 2.94 bits per heavy atom. The number of amidine groups is 1. The zero-order valence-electron chi connectivity index (χ0n) is 9.39. The quantitative estimate of drug-likeness (QED) is 0.320. The van der Waals surface area contributed by atoms with Gasteiger partial charge in [0.1, 0.15) is 5.84 Å². The van der Waals surface area contributed by atoms with Crippen LogP contribution in [0, 0.1) is 0 Å². The second-order valence-electron chi connectivity index (χ2n) is 2.93. The Kier molecular flexibility index (Phi) is 4.21. The summed E-state index contributed by atoms with van der Waals surface area (Å²) in [5.74, 6) is -0.991. The second-order valence-corrected chi connectivity index (χ2v) is 2.93. The molecule has 0 bridgehead atoms. The number of ether oxygens (including phenoxy) is 1. The monoisotopic (exact) mass is 240 g/mol. The number of nitrogens with two attached hydrogens (primary N) is 1. The highest BCUT2D eigenvalue weighted by Crippen LogP contribution is 2.09. The summed E-state index contributed by atoms with van der Waals surface area (Å²) in [7, 11) is 1.24. The third-order valence-electron chi connectivity index (χ3n) is 1.82. The van der Waals surface area contributed by atoms with Gasteiger partial charge in [-0.3, -0.25) is 4.79 Å². The molecule has 0 fully saturated rings. The van der Waals surface area contributed by atoms with E-state index in [1.54, 1.807) is 6.92 Å². The average Bonchev–Trinajstić information content (AvgIpc) is 2.35. The lowest BCUT2D eigenvalue weighted by atomic mass is 10.4. The lowest BCUT2D eigenvalue weighted by Crippen LogP contribution is -2.18. The van der Waals surface area contributed by atoms with Gasteiger partial charge in [0.25, 0.3) is 5.56 Å². The fourth-order valence-corrected chi connectivity index (χ4v) is 0.930. The highest BCUT2D eigenvalue weighted by Gasteiger charge is 2.18. The summed E-state index contributed by atoms with van der Waals surface area (Å²) < 4.78 is 4.74. The zero-order valence-corrected chi connectivity index (χ0v) is 9.39. The van der Waals surface area contributed by atoms with Gasteiger partial charge in [0, 0.05) is 6.42 Å². The summed E-state index contributed by atoms with van der Waals surface area (Å²) in [6.45, 7) is 1.75. The Labute approximate surface area is 96.4 Å². The van der Waals surface area contributed by atoms with Crippen molar-refractivity contribution in [3.8, 4) is 5.75 Å². The minimum atomic E-state index is -0.913. The molecule has 0 atom stereocenters. The first-order valence-electron chi connectivity index (χ1n) is 4.75. The molecule has 0 radical (unpaired) electrons. The molecule has 8 heteroatoms. The molecule has 1 aromatic rings. The number of nitrogens with one attached hydrogen (secondary N) is 1. The van der Waals surface area contributed by atoms with E-state index >= 15 is 0 Å². The van der Waals surface area contributed by atoms with Crippen LogP contribution in [0.4, 0.5) is 0 Å². The number of methoxy groups -OCH3 is 1. The van der Waals surface area contributed by atoms with Crippen molar-refractivity contribution in [2.45, 2.75) is 13.3 Å². The first kappa shape index (κ1) is 12.7. The van der Waals surface area contributed by atoms with E-state index in [9.17, 15) is 9.59 Å². The molecule has 92 valence electrons. The summed E-state index contributed by atoms with van der Waals surface area (Å²) in [6.07, 6.45) is 1.50. The van der Waals surface area contributed by atoms with Crippen molar-refractivity contribution >= 4 is 11.8 Å². The number of aromatic amines is 1. The molecule has 0 aliphatic carbocycles. The highest BCUT2D eigenvalue weighted by atomic mass is 16.7. The van der Waals surface area contributed by atoms with Crippen LogP contribution in [-0.4, -0.2) is 28.9 Å². The molecule has 1 aromatic heterocycles. The largest absolute Gasteiger partial charge is 0.489 e. The number of aromatic nitrogens is 2. The molecule has 17 heavy (non-hydrogen) atoms. The Morgan fingerprint density at radius 2 is 2.35 bits per heavy atom. The third-order valence-corrected chi connectivity index (χ3v) is 1.82. The maximum atomic E-state index is 11.5. The molecule has 0 aliphatic heterocycles. The van der Waals surface area contributed by atoms with Gasteiger partial charge in [-0.2, -0.15) is 0 Å². The van der Waals surface area contributed by atoms with Crippen molar-refractivity contribution in [2.24, 2.45) is 10.9 Å². The summed E-state index contributed by atoms with van der Waals surface area (Å²) in [6, 6.07) is 0. The van der Waals surface area contributed by atoms with E-state index in [4.69, 9.17) is 10.5 Å². The van der Waals surface area contributed by atoms with Crippen LogP contribution in [0.1, 0.15) is 23.8 Å². The van der Waals surface area contributed by atoms with Gasteiger partial charge < -0.3 is 20.3 Å². The predicted molar refractivity (Wildman–Crippen MR) is 58.7 cm³/mol. The smallest absolute Gasteiger partial charge is 0.388 e. The molecular weight excluding hydrogens is 228 g/mol. The first-order chi connectivity index (χ1) is 8.10. The molecule has 1 heterocycles. The second kappa shape index (κ2) is 5.64. The molecule has 0 unspecified atom stereocenters. The summed E-state index contributed by atoms with van der Waals surface area (Å²) in [5, 5.41) is 3.36. The average molecular weight is 240 g/mol. The van der Waals surface area contributed by atoms with Crippen LogP contribution < -0.4 is 16.0 Å². The van der Waals surface area contributed by atoms with Crippen LogP contribution >= 0.6 is 0 Å². The van der Waals surface area contributed by atoms with E-state index in [0.29, 0.717) is 6.42 Å². The maximum Gasteiger partial charge on any atom is 0.388 e. The molecule has 0 saturated carbocycles.